The summed E-state index contributed by atoms with van der Waals surface area (Å²) in [6, 6.07) is 0. The molecule has 4 nitrogen and oxygen atoms in total. The Labute approximate surface area is 45.8 Å². The van der Waals surface area contributed by atoms with Gasteiger partial charge in [0, 0.05) is 12.6 Å². The summed E-state index contributed by atoms with van der Waals surface area (Å²) in [6.07, 6.45) is 5.28. The van der Waals surface area contributed by atoms with Crippen LogP contribution in [0.15, 0.2) is 5.10 Å². The fourth-order valence-electron chi connectivity index (χ4n) is 0.681. The Balaban J connectivity index is 2.67. The Morgan fingerprint density at radius 2 is 2.88 bits per heavy atom. The summed E-state index contributed by atoms with van der Waals surface area (Å²) < 4.78 is 1.60. The van der Waals surface area contributed by atoms with E-state index in [1.807, 2.05) is 6.21 Å². The van der Waals surface area contributed by atoms with Crippen molar-refractivity contribution < 1.29 is 4.68 Å². The van der Waals surface area contributed by atoms with E-state index in [1.165, 1.54) is 0 Å². The van der Waals surface area contributed by atoms with E-state index >= 15 is 0 Å². The highest BCUT2D eigenvalue weighted by Crippen LogP contribution is 1.87. The van der Waals surface area contributed by atoms with Crippen LogP contribution in [0.5, 0.6) is 0 Å². The van der Waals surface area contributed by atoms with E-state index in [2.05, 4.69) is 21.6 Å². The minimum Gasteiger partial charge on any atom is -0.272 e. The lowest BCUT2D eigenvalue weighted by Crippen LogP contribution is -2.25. The van der Waals surface area contributed by atoms with Crippen molar-refractivity contribution in [2.24, 2.45) is 5.10 Å². The predicted octanol–water partition coefficient (Wildman–Crippen LogP) is -1.11. The summed E-state index contributed by atoms with van der Waals surface area (Å²) >= 11 is 0. The van der Waals surface area contributed by atoms with Crippen molar-refractivity contribution in [3.05, 3.63) is 12.2 Å². The molecule has 0 saturated carbocycles. The molecule has 0 aliphatic carbocycles. The summed E-state index contributed by atoms with van der Waals surface area (Å²) in [6.45, 7) is 0. The highest BCUT2D eigenvalue weighted by molar-refractivity contribution is 5.59. The lowest BCUT2D eigenvalue weighted by molar-refractivity contribution is -0.684. The van der Waals surface area contributed by atoms with Crippen LogP contribution < -0.4 is 4.68 Å². The highest BCUT2D eigenvalue weighted by atomic mass is 15.4. The molecule has 0 bridgehead atoms. The first-order valence-electron chi connectivity index (χ1n) is 2.36. The minimum atomic E-state index is 0.844. The van der Waals surface area contributed by atoms with Gasteiger partial charge >= 0.3 is 0 Å². The topological polar surface area (TPSA) is 44.9 Å². The number of hydrogen-bond acceptors (Lipinski definition) is 2. The van der Waals surface area contributed by atoms with Gasteiger partial charge in [0.25, 0.3) is 0 Å². The zero-order valence-electron chi connectivity index (χ0n) is 4.13. The summed E-state index contributed by atoms with van der Waals surface area (Å²) in [5.41, 5.74) is 0. The highest BCUT2D eigenvalue weighted by Gasteiger charge is 2.01. The van der Waals surface area contributed by atoms with Crippen LogP contribution in [-0.2, 0) is 6.42 Å². The maximum atomic E-state index is 3.90. The second-order valence-corrected chi connectivity index (χ2v) is 1.58. The van der Waals surface area contributed by atoms with E-state index in [1.54, 1.807) is 4.68 Å². The van der Waals surface area contributed by atoms with Gasteiger partial charge in [-0.2, -0.15) is 5.10 Å². The van der Waals surface area contributed by atoms with Gasteiger partial charge in [0.1, 0.15) is 5.82 Å². The summed E-state index contributed by atoms with van der Waals surface area (Å²) in [4.78, 5) is 0. The van der Waals surface area contributed by atoms with Gasteiger partial charge in [-0.25, -0.2) is 5.10 Å². The van der Waals surface area contributed by atoms with Gasteiger partial charge in [0.15, 0.2) is 6.33 Å². The quantitative estimate of drug-likeness (QED) is 0.332. The molecule has 2 heterocycles. The number of nitrogens with zero attached hydrogens (tertiary/aromatic N) is 3. The molecule has 1 aromatic heterocycles. The normalized spacial score (nSPS) is 14.5. The van der Waals surface area contributed by atoms with Crippen LogP contribution in [-0.4, -0.2) is 16.4 Å². The summed E-state index contributed by atoms with van der Waals surface area (Å²) in [5.74, 6) is 0.991. The zero-order valence-corrected chi connectivity index (χ0v) is 4.13. The maximum absolute atomic E-state index is 3.90. The fraction of sp³-hybridized carbons (Fsp3) is 0.250. The fourth-order valence-corrected chi connectivity index (χ4v) is 0.681. The van der Waals surface area contributed by atoms with E-state index in [4.69, 9.17) is 0 Å². The monoisotopic (exact) mass is 108 g/mol. The van der Waals surface area contributed by atoms with Crippen LogP contribution in [0.2, 0.25) is 0 Å². The van der Waals surface area contributed by atoms with Crippen LogP contribution in [0, 0.1) is 6.33 Å². The Morgan fingerprint density at radius 1 is 1.88 bits per heavy atom. The predicted molar refractivity (Wildman–Crippen MR) is 25.2 cm³/mol. The standard InChI is InChI=1S/C4H4N4/c1-2-6-8-3-5-7-4(1)8/h2,7H,1H2. The molecule has 0 amide bonds. The van der Waals surface area contributed by atoms with Crippen LogP contribution in [0.3, 0.4) is 0 Å². The molecule has 1 aromatic rings. The average molecular weight is 108 g/mol. The smallest absolute Gasteiger partial charge is 0.170 e. The number of H-pyrrole nitrogens is 1. The molecule has 4 heteroatoms. The number of aromatic nitrogens is 3. The Bertz CT molecular complexity index is 224. The van der Waals surface area contributed by atoms with E-state index in [-0.39, 0.29) is 0 Å². The lowest BCUT2D eigenvalue weighted by Gasteiger charge is -1.85. The van der Waals surface area contributed by atoms with Gasteiger partial charge in [-0.1, -0.05) is 5.10 Å². The average Bonchev–Trinajstić information content (AvgIpc) is 2.15. The second kappa shape index (κ2) is 1.15. The molecule has 0 saturated heterocycles. The Hall–Kier alpha value is -1.19. The molecule has 0 unspecified atom stereocenters. The van der Waals surface area contributed by atoms with Gasteiger partial charge in [0.05, 0.1) is 0 Å². The van der Waals surface area contributed by atoms with Crippen LogP contribution in [0.4, 0.5) is 0 Å². The number of rotatable bonds is 0. The number of nitrogens with one attached hydrogen (secondary N) is 1. The molecule has 1 N–H and O–H groups in total. The molecule has 1 aliphatic heterocycles. The van der Waals surface area contributed by atoms with Crippen LogP contribution >= 0.6 is 0 Å². The molecular weight excluding hydrogens is 104 g/mol. The van der Waals surface area contributed by atoms with Gasteiger partial charge in [-0.05, 0) is 0 Å². The SMILES string of the molecule is [c-]1n[nH]c2[n+]1N=CC2. The van der Waals surface area contributed by atoms with Gasteiger partial charge in [0.2, 0.25) is 0 Å². The van der Waals surface area contributed by atoms with Crippen molar-refractivity contribution in [2.75, 3.05) is 0 Å². The van der Waals surface area contributed by atoms with E-state index in [9.17, 15) is 0 Å². The van der Waals surface area contributed by atoms with E-state index in [0.29, 0.717) is 0 Å². The van der Waals surface area contributed by atoms with Crippen molar-refractivity contribution in [1.82, 2.24) is 10.2 Å². The second-order valence-electron chi connectivity index (χ2n) is 1.58. The van der Waals surface area contributed by atoms with Gasteiger partial charge in [-0.3, -0.25) is 4.68 Å². The molecular formula is C4H4N4. The van der Waals surface area contributed by atoms with Crippen molar-refractivity contribution in [3.63, 3.8) is 0 Å². The maximum Gasteiger partial charge on any atom is 0.170 e. The number of fused-ring (bicyclic) bond motifs is 1. The van der Waals surface area contributed by atoms with Gasteiger partial charge < -0.3 is 0 Å². The molecule has 0 radical (unpaired) electrons. The van der Waals surface area contributed by atoms with Crippen LogP contribution in [0.25, 0.3) is 0 Å². The molecule has 40 valence electrons. The minimum absolute atomic E-state index is 0.844. The zero-order chi connectivity index (χ0) is 5.40. The van der Waals surface area contributed by atoms with Crippen LogP contribution in [0.1, 0.15) is 5.82 Å². The molecule has 8 heavy (non-hydrogen) atoms. The first kappa shape index (κ1) is 3.77. The van der Waals surface area contributed by atoms with E-state index in [0.717, 1.165) is 12.2 Å². The third kappa shape index (κ3) is 0.318. The van der Waals surface area contributed by atoms with E-state index < -0.39 is 0 Å². The first-order chi connectivity index (χ1) is 3.97. The molecule has 1 aliphatic rings. The first-order valence-corrected chi connectivity index (χ1v) is 2.36. The summed E-state index contributed by atoms with van der Waals surface area (Å²) in [5, 5.41) is 10.3. The van der Waals surface area contributed by atoms with Crippen molar-refractivity contribution in [1.29, 1.82) is 0 Å². The molecule has 0 atom stereocenters. The summed E-state index contributed by atoms with van der Waals surface area (Å²) in [7, 11) is 0. The third-order valence-corrected chi connectivity index (χ3v) is 1.07. The largest absolute Gasteiger partial charge is 0.272 e. The molecule has 0 spiro atoms. The third-order valence-electron chi connectivity index (χ3n) is 1.07. The van der Waals surface area contributed by atoms with Crippen molar-refractivity contribution in [2.45, 2.75) is 6.42 Å². The molecule has 0 aromatic carbocycles. The van der Waals surface area contributed by atoms with Gasteiger partial charge in [-0.15, -0.1) is 0 Å². The molecule has 2 rings (SSSR count). The lowest BCUT2D eigenvalue weighted by atomic mass is 10.5. The number of hydrogen-bond donors (Lipinski definition) is 1. The number of aromatic amines is 1. The Morgan fingerprint density at radius 3 is 3.75 bits per heavy atom. The van der Waals surface area contributed by atoms with Crippen molar-refractivity contribution in [3.8, 4) is 0 Å². The molecule has 0 fully saturated rings. The van der Waals surface area contributed by atoms with Crippen molar-refractivity contribution >= 4 is 6.21 Å². The Kier molecular flexibility index (Phi) is 0.542.